The second-order valence-electron chi connectivity index (χ2n) is 4.75. The molecule has 0 radical (unpaired) electrons. The van der Waals surface area contributed by atoms with Crippen molar-refractivity contribution < 1.29 is 5.11 Å². The third-order valence-corrected chi connectivity index (χ3v) is 3.49. The Labute approximate surface area is 87.9 Å². The highest BCUT2D eigenvalue weighted by atomic mass is 16.3. The molecule has 80 valence electrons. The molecule has 1 aliphatic rings. The Balaban J connectivity index is 2.34. The van der Waals surface area contributed by atoms with Crippen molar-refractivity contribution in [3.05, 3.63) is 0 Å². The molecule has 0 aromatic heterocycles. The first kappa shape index (κ1) is 11.6. The quantitative estimate of drug-likeness (QED) is 0.538. The number of hydrogen-bond acceptors (Lipinski definition) is 1. The summed E-state index contributed by atoms with van der Waals surface area (Å²) in [5.41, 5.74) is -0.475. The highest BCUT2D eigenvalue weighted by molar-refractivity contribution is 4.88. The highest BCUT2D eigenvalue weighted by Crippen LogP contribution is 2.35. The lowest BCUT2D eigenvalue weighted by molar-refractivity contribution is -0.0246. The van der Waals surface area contributed by atoms with Gasteiger partial charge in [0, 0.05) is 6.42 Å². The molecule has 0 aliphatic heterocycles. The molecular formula is C13H22O. The monoisotopic (exact) mass is 194 g/mol. The van der Waals surface area contributed by atoms with Gasteiger partial charge in [-0.1, -0.05) is 19.3 Å². The van der Waals surface area contributed by atoms with Gasteiger partial charge in [-0.2, -0.15) is 0 Å². The fraction of sp³-hybridized carbons (Fsp3) is 0.846. The van der Waals surface area contributed by atoms with Gasteiger partial charge in [0.2, 0.25) is 0 Å². The van der Waals surface area contributed by atoms with Gasteiger partial charge in [-0.3, -0.25) is 0 Å². The zero-order valence-corrected chi connectivity index (χ0v) is 9.26. The summed E-state index contributed by atoms with van der Waals surface area (Å²) in [5.74, 6) is 3.14. The molecule has 1 fully saturated rings. The normalized spacial score (nSPS) is 22.6. The molecule has 0 spiro atoms. The molecule has 1 saturated carbocycles. The van der Waals surface area contributed by atoms with E-state index < -0.39 is 5.60 Å². The van der Waals surface area contributed by atoms with Crippen molar-refractivity contribution in [3.8, 4) is 12.3 Å². The second kappa shape index (κ2) is 5.41. The minimum absolute atomic E-state index is 0.475. The van der Waals surface area contributed by atoms with Crippen molar-refractivity contribution in [1.29, 1.82) is 0 Å². The lowest BCUT2D eigenvalue weighted by Gasteiger charge is -2.35. The van der Waals surface area contributed by atoms with E-state index in [1.165, 1.54) is 32.1 Å². The molecule has 0 aromatic carbocycles. The van der Waals surface area contributed by atoms with Crippen molar-refractivity contribution in [2.75, 3.05) is 0 Å². The molecule has 0 bridgehead atoms. The minimum atomic E-state index is -0.475. The maximum Gasteiger partial charge on any atom is 0.0648 e. The van der Waals surface area contributed by atoms with Crippen molar-refractivity contribution in [1.82, 2.24) is 0 Å². The SMILES string of the molecule is C#CCCCC(C)(O)C1CCCCC1. The highest BCUT2D eigenvalue weighted by Gasteiger charge is 2.31. The van der Waals surface area contributed by atoms with Gasteiger partial charge in [0.15, 0.2) is 0 Å². The van der Waals surface area contributed by atoms with Gasteiger partial charge < -0.3 is 5.11 Å². The van der Waals surface area contributed by atoms with Crippen molar-refractivity contribution in [2.24, 2.45) is 5.92 Å². The Morgan fingerprint density at radius 2 is 2.00 bits per heavy atom. The van der Waals surface area contributed by atoms with E-state index >= 15 is 0 Å². The Kier molecular flexibility index (Phi) is 4.48. The van der Waals surface area contributed by atoms with Crippen LogP contribution in [0.2, 0.25) is 0 Å². The van der Waals surface area contributed by atoms with Crippen LogP contribution in [0.3, 0.4) is 0 Å². The smallest absolute Gasteiger partial charge is 0.0648 e. The second-order valence-corrected chi connectivity index (χ2v) is 4.75. The van der Waals surface area contributed by atoms with E-state index in [0.29, 0.717) is 5.92 Å². The largest absolute Gasteiger partial charge is 0.390 e. The van der Waals surface area contributed by atoms with E-state index in [-0.39, 0.29) is 0 Å². The van der Waals surface area contributed by atoms with E-state index in [1.807, 2.05) is 6.92 Å². The zero-order valence-electron chi connectivity index (χ0n) is 9.26. The van der Waals surface area contributed by atoms with Crippen LogP contribution < -0.4 is 0 Å². The number of rotatable bonds is 4. The number of unbranched alkanes of at least 4 members (excludes halogenated alkanes) is 1. The van der Waals surface area contributed by atoms with Crippen LogP contribution in [-0.2, 0) is 0 Å². The summed E-state index contributed by atoms with van der Waals surface area (Å²) in [5, 5.41) is 10.3. The summed E-state index contributed by atoms with van der Waals surface area (Å²) >= 11 is 0. The molecule has 0 aromatic rings. The summed E-state index contributed by atoms with van der Waals surface area (Å²) in [6.45, 7) is 1.99. The Morgan fingerprint density at radius 3 is 2.57 bits per heavy atom. The molecule has 1 rings (SSSR count). The minimum Gasteiger partial charge on any atom is -0.390 e. The Hall–Kier alpha value is -0.480. The summed E-state index contributed by atoms with van der Waals surface area (Å²) < 4.78 is 0. The average Bonchev–Trinajstić information content (AvgIpc) is 2.19. The van der Waals surface area contributed by atoms with Crippen LogP contribution in [0.1, 0.15) is 58.3 Å². The predicted octanol–water partition coefficient (Wildman–Crippen LogP) is 3.12. The van der Waals surface area contributed by atoms with Gasteiger partial charge in [0.05, 0.1) is 5.60 Å². The predicted molar refractivity (Wildman–Crippen MR) is 59.9 cm³/mol. The molecule has 0 heterocycles. The van der Waals surface area contributed by atoms with E-state index in [9.17, 15) is 5.11 Å². The lowest BCUT2D eigenvalue weighted by atomic mass is 9.76. The zero-order chi connectivity index (χ0) is 10.4. The molecule has 14 heavy (non-hydrogen) atoms. The van der Waals surface area contributed by atoms with Crippen LogP contribution >= 0.6 is 0 Å². The van der Waals surface area contributed by atoms with Gasteiger partial charge in [-0.15, -0.1) is 12.3 Å². The van der Waals surface area contributed by atoms with Crippen LogP contribution in [-0.4, -0.2) is 10.7 Å². The summed E-state index contributed by atoms with van der Waals surface area (Å²) in [6, 6.07) is 0. The maximum absolute atomic E-state index is 10.3. The molecule has 0 saturated heterocycles. The van der Waals surface area contributed by atoms with E-state index in [1.54, 1.807) is 0 Å². The molecule has 1 nitrogen and oxygen atoms in total. The van der Waals surface area contributed by atoms with Gasteiger partial charge >= 0.3 is 0 Å². The number of terminal acetylenes is 1. The molecular weight excluding hydrogens is 172 g/mol. The van der Waals surface area contributed by atoms with Gasteiger partial charge in [0.1, 0.15) is 0 Å². The molecule has 1 atom stereocenters. The van der Waals surface area contributed by atoms with Crippen LogP contribution in [0.5, 0.6) is 0 Å². The van der Waals surface area contributed by atoms with Gasteiger partial charge in [0.25, 0.3) is 0 Å². The number of aliphatic hydroxyl groups is 1. The third kappa shape index (κ3) is 3.35. The number of hydrogen-bond donors (Lipinski definition) is 1. The summed E-state index contributed by atoms with van der Waals surface area (Å²) in [7, 11) is 0. The van der Waals surface area contributed by atoms with Crippen LogP contribution in [0.15, 0.2) is 0 Å². The first-order chi connectivity index (χ1) is 6.67. The summed E-state index contributed by atoms with van der Waals surface area (Å²) in [6.07, 6.45) is 14.1. The van der Waals surface area contributed by atoms with Crippen LogP contribution in [0, 0.1) is 18.3 Å². The maximum atomic E-state index is 10.3. The van der Waals surface area contributed by atoms with Crippen LogP contribution in [0.25, 0.3) is 0 Å². The Morgan fingerprint density at radius 1 is 1.36 bits per heavy atom. The lowest BCUT2D eigenvalue weighted by Crippen LogP contribution is -2.35. The average molecular weight is 194 g/mol. The molecule has 0 amide bonds. The molecule has 1 heteroatoms. The topological polar surface area (TPSA) is 20.2 Å². The summed E-state index contributed by atoms with van der Waals surface area (Å²) in [4.78, 5) is 0. The van der Waals surface area contributed by atoms with Crippen molar-refractivity contribution in [2.45, 2.75) is 63.9 Å². The Bertz CT molecular complexity index is 194. The van der Waals surface area contributed by atoms with E-state index in [2.05, 4.69) is 5.92 Å². The first-order valence-corrected chi connectivity index (χ1v) is 5.82. The molecule has 1 aliphatic carbocycles. The standard InChI is InChI=1S/C13H22O/c1-3-4-8-11-13(2,14)12-9-6-5-7-10-12/h1,12,14H,4-11H2,2H3. The van der Waals surface area contributed by atoms with E-state index in [4.69, 9.17) is 6.42 Å². The fourth-order valence-electron chi connectivity index (χ4n) is 2.48. The van der Waals surface area contributed by atoms with Crippen molar-refractivity contribution in [3.63, 3.8) is 0 Å². The van der Waals surface area contributed by atoms with Crippen LogP contribution in [0.4, 0.5) is 0 Å². The van der Waals surface area contributed by atoms with Gasteiger partial charge in [-0.25, -0.2) is 0 Å². The van der Waals surface area contributed by atoms with E-state index in [0.717, 1.165) is 19.3 Å². The first-order valence-electron chi connectivity index (χ1n) is 5.82. The van der Waals surface area contributed by atoms with Gasteiger partial charge in [-0.05, 0) is 38.5 Å². The van der Waals surface area contributed by atoms with Crippen molar-refractivity contribution >= 4 is 0 Å². The fourth-order valence-corrected chi connectivity index (χ4v) is 2.48. The molecule has 1 N–H and O–H groups in total. The third-order valence-electron chi connectivity index (χ3n) is 3.49. The molecule has 1 unspecified atom stereocenters.